The molecule has 0 aliphatic carbocycles. The van der Waals surface area contributed by atoms with E-state index in [0.29, 0.717) is 6.54 Å². The van der Waals surface area contributed by atoms with Gasteiger partial charge in [-0.05, 0) is 35.6 Å². The lowest BCUT2D eigenvalue weighted by Gasteiger charge is -2.34. The van der Waals surface area contributed by atoms with Gasteiger partial charge in [-0.2, -0.15) is 0 Å². The summed E-state index contributed by atoms with van der Waals surface area (Å²) in [6.45, 7) is 3.85. The number of para-hydroxylation sites is 2. The minimum absolute atomic E-state index is 0. The topological polar surface area (TPSA) is 35.6 Å². The standard InChI is InChI=1S/C17H19N3OS.ClH/c21-17(20-8-5-16-13(11-20)6-10-22-16)12-19-9-7-18-14-3-1-2-4-15(14)19;/h1-4,6,10,18H,5,7-9,11-12H2;1H. The Kier molecular flexibility index (Phi) is 4.78. The molecule has 0 fully saturated rings. The van der Waals surface area contributed by atoms with Crippen LogP contribution in [-0.2, 0) is 17.8 Å². The van der Waals surface area contributed by atoms with Crippen molar-refractivity contribution in [1.29, 1.82) is 0 Å². The fourth-order valence-electron chi connectivity index (χ4n) is 3.23. The number of hydrogen-bond donors (Lipinski definition) is 1. The van der Waals surface area contributed by atoms with E-state index in [9.17, 15) is 4.79 Å². The molecule has 2 aliphatic rings. The Bertz CT molecular complexity index is 703. The normalized spacial score (nSPS) is 16.0. The van der Waals surface area contributed by atoms with Crippen LogP contribution >= 0.6 is 23.7 Å². The molecule has 0 atom stereocenters. The first-order valence-corrected chi connectivity index (χ1v) is 8.60. The number of carbonyl (C=O) groups excluding carboxylic acids is 1. The molecule has 0 saturated carbocycles. The van der Waals surface area contributed by atoms with Gasteiger partial charge in [0.25, 0.3) is 0 Å². The summed E-state index contributed by atoms with van der Waals surface area (Å²) in [4.78, 5) is 18.3. The van der Waals surface area contributed by atoms with Gasteiger partial charge >= 0.3 is 0 Å². The van der Waals surface area contributed by atoms with E-state index >= 15 is 0 Å². The van der Waals surface area contributed by atoms with E-state index in [4.69, 9.17) is 0 Å². The molecular formula is C17H20ClN3OS. The Morgan fingerprint density at radius 2 is 2.09 bits per heavy atom. The molecule has 3 heterocycles. The van der Waals surface area contributed by atoms with Crippen molar-refractivity contribution in [3.8, 4) is 0 Å². The average molecular weight is 350 g/mol. The van der Waals surface area contributed by atoms with E-state index in [-0.39, 0.29) is 18.3 Å². The Hall–Kier alpha value is -1.72. The second-order valence-corrected chi connectivity index (χ2v) is 6.80. The molecule has 1 aromatic heterocycles. The molecule has 0 unspecified atom stereocenters. The third kappa shape index (κ3) is 3.16. The van der Waals surface area contributed by atoms with Crippen LogP contribution in [0, 0.1) is 0 Å². The first kappa shape index (κ1) is 16.1. The Labute approximate surface area is 146 Å². The molecule has 2 aliphatic heterocycles. The van der Waals surface area contributed by atoms with Gasteiger partial charge < -0.3 is 15.1 Å². The maximum absolute atomic E-state index is 12.7. The summed E-state index contributed by atoms with van der Waals surface area (Å²) in [5.41, 5.74) is 3.58. The second-order valence-electron chi connectivity index (χ2n) is 5.80. The van der Waals surface area contributed by atoms with Gasteiger partial charge in [-0.15, -0.1) is 23.7 Å². The lowest BCUT2D eigenvalue weighted by Crippen LogP contribution is -2.45. The van der Waals surface area contributed by atoms with Crippen molar-refractivity contribution >= 4 is 41.0 Å². The summed E-state index contributed by atoms with van der Waals surface area (Å²) in [7, 11) is 0. The lowest BCUT2D eigenvalue weighted by molar-refractivity contribution is -0.130. The molecule has 0 radical (unpaired) electrons. The molecule has 0 bridgehead atoms. The largest absolute Gasteiger partial charge is 0.382 e. The SMILES string of the molecule is Cl.O=C(CN1CCNc2ccccc21)N1CCc2sccc2C1. The Balaban J connectivity index is 0.00000156. The molecule has 0 saturated heterocycles. The summed E-state index contributed by atoms with van der Waals surface area (Å²) < 4.78 is 0. The highest BCUT2D eigenvalue weighted by molar-refractivity contribution is 7.10. The van der Waals surface area contributed by atoms with Crippen LogP contribution in [0.3, 0.4) is 0 Å². The molecule has 2 aromatic rings. The van der Waals surface area contributed by atoms with Crippen LogP contribution in [0.2, 0.25) is 0 Å². The Morgan fingerprint density at radius 3 is 3.00 bits per heavy atom. The molecule has 6 heteroatoms. The number of rotatable bonds is 2. The zero-order valence-electron chi connectivity index (χ0n) is 12.8. The van der Waals surface area contributed by atoms with Crippen molar-refractivity contribution in [2.24, 2.45) is 0 Å². The van der Waals surface area contributed by atoms with E-state index in [0.717, 1.165) is 44.0 Å². The summed E-state index contributed by atoms with van der Waals surface area (Å²) in [6, 6.07) is 10.4. The zero-order valence-corrected chi connectivity index (χ0v) is 14.5. The fourth-order valence-corrected chi connectivity index (χ4v) is 4.12. The van der Waals surface area contributed by atoms with Gasteiger partial charge in [0.15, 0.2) is 0 Å². The zero-order chi connectivity index (χ0) is 14.9. The van der Waals surface area contributed by atoms with E-state index in [1.165, 1.54) is 10.4 Å². The highest BCUT2D eigenvalue weighted by Gasteiger charge is 2.24. The van der Waals surface area contributed by atoms with Crippen LogP contribution in [0.1, 0.15) is 10.4 Å². The number of carbonyl (C=O) groups is 1. The molecule has 1 aromatic carbocycles. The maximum Gasteiger partial charge on any atom is 0.242 e. The smallest absolute Gasteiger partial charge is 0.242 e. The van der Waals surface area contributed by atoms with Gasteiger partial charge in [-0.3, -0.25) is 4.79 Å². The third-order valence-corrected chi connectivity index (χ3v) is 5.45. The van der Waals surface area contributed by atoms with E-state index in [1.807, 2.05) is 28.4 Å². The van der Waals surface area contributed by atoms with Gasteiger partial charge in [0.2, 0.25) is 5.91 Å². The second kappa shape index (κ2) is 6.81. The minimum atomic E-state index is 0. The van der Waals surface area contributed by atoms with Crippen molar-refractivity contribution in [2.75, 3.05) is 36.4 Å². The molecule has 23 heavy (non-hydrogen) atoms. The van der Waals surface area contributed by atoms with Crippen molar-refractivity contribution in [3.05, 3.63) is 46.2 Å². The van der Waals surface area contributed by atoms with Crippen molar-refractivity contribution in [2.45, 2.75) is 13.0 Å². The van der Waals surface area contributed by atoms with Crippen LogP contribution in [0.25, 0.3) is 0 Å². The van der Waals surface area contributed by atoms with Crippen LogP contribution < -0.4 is 10.2 Å². The molecule has 4 nitrogen and oxygen atoms in total. The summed E-state index contributed by atoms with van der Waals surface area (Å²) in [6.07, 6.45) is 0.997. The number of hydrogen-bond acceptors (Lipinski definition) is 4. The van der Waals surface area contributed by atoms with Crippen molar-refractivity contribution in [1.82, 2.24) is 4.90 Å². The summed E-state index contributed by atoms with van der Waals surface area (Å²) in [5, 5.41) is 5.52. The number of amides is 1. The van der Waals surface area contributed by atoms with Crippen LogP contribution in [0.5, 0.6) is 0 Å². The maximum atomic E-state index is 12.7. The molecule has 4 rings (SSSR count). The lowest BCUT2D eigenvalue weighted by atomic mass is 10.1. The first-order chi connectivity index (χ1) is 10.8. The number of benzene rings is 1. The van der Waals surface area contributed by atoms with Gasteiger partial charge in [0.05, 0.1) is 17.9 Å². The van der Waals surface area contributed by atoms with Crippen LogP contribution in [0.15, 0.2) is 35.7 Å². The highest BCUT2D eigenvalue weighted by Crippen LogP contribution is 2.29. The monoisotopic (exact) mass is 349 g/mol. The van der Waals surface area contributed by atoms with Gasteiger partial charge in [0, 0.05) is 31.1 Å². The molecule has 1 amide bonds. The van der Waals surface area contributed by atoms with Crippen LogP contribution in [-0.4, -0.2) is 37.0 Å². The number of anilines is 2. The Morgan fingerprint density at radius 1 is 1.22 bits per heavy atom. The third-order valence-electron chi connectivity index (χ3n) is 4.43. The molecule has 0 spiro atoms. The van der Waals surface area contributed by atoms with E-state index < -0.39 is 0 Å². The number of fused-ring (bicyclic) bond motifs is 2. The van der Waals surface area contributed by atoms with Crippen LogP contribution in [0.4, 0.5) is 11.4 Å². The average Bonchev–Trinajstić information content (AvgIpc) is 3.02. The predicted octanol–water partition coefficient (Wildman–Crippen LogP) is 2.99. The van der Waals surface area contributed by atoms with Crippen molar-refractivity contribution in [3.63, 3.8) is 0 Å². The number of thiophene rings is 1. The quantitative estimate of drug-likeness (QED) is 0.905. The first-order valence-electron chi connectivity index (χ1n) is 7.72. The molecule has 122 valence electrons. The molecular weight excluding hydrogens is 330 g/mol. The van der Waals surface area contributed by atoms with Gasteiger partial charge in [-0.25, -0.2) is 0 Å². The summed E-state index contributed by atoms with van der Waals surface area (Å²) >= 11 is 1.81. The molecule has 1 N–H and O–H groups in total. The highest BCUT2D eigenvalue weighted by atomic mass is 35.5. The predicted molar refractivity (Wildman–Crippen MR) is 97.8 cm³/mol. The number of nitrogens with zero attached hydrogens (tertiary/aromatic N) is 2. The minimum Gasteiger partial charge on any atom is -0.382 e. The van der Waals surface area contributed by atoms with Crippen molar-refractivity contribution < 1.29 is 4.79 Å². The van der Waals surface area contributed by atoms with Gasteiger partial charge in [-0.1, -0.05) is 12.1 Å². The van der Waals surface area contributed by atoms with E-state index in [2.05, 4.69) is 33.8 Å². The summed E-state index contributed by atoms with van der Waals surface area (Å²) in [5.74, 6) is 0.230. The number of halogens is 1. The van der Waals surface area contributed by atoms with E-state index in [1.54, 1.807) is 0 Å². The fraction of sp³-hybridized carbons (Fsp3) is 0.353. The van der Waals surface area contributed by atoms with Gasteiger partial charge in [0.1, 0.15) is 0 Å². The number of nitrogens with one attached hydrogen (secondary N) is 1.